The summed E-state index contributed by atoms with van der Waals surface area (Å²) in [5.41, 5.74) is 0. The van der Waals surface area contributed by atoms with E-state index >= 15 is 0 Å². The highest BCUT2D eigenvalue weighted by molar-refractivity contribution is 4.79. The molecule has 1 aliphatic carbocycles. The molecule has 2 fully saturated rings. The predicted molar refractivity (Wildman–Crippen MR) is 69.6 cm³/mol. The topological polar surface area (TPSA) is 15.3 Å². The lowest BCUT2D eigenvalue weighted by Gasteiger charge is -2.37. The minimum atomic E-state index is 0.725. The summed E-state index contributed by atoms with van der Waals surface area (Å²) in [5, 5.41) is 3.53. The summed E-state index contributed by atoms with van der Waals surface area (Å²) in [6.45, 7) is 9.87. The Bertz CT molecular complexity index is 193. The van der Waals surface area contributed by atoms with Crippen molar-refractivity contribution < 1.29 is 0 Å². The number of hydrogen-bond donors (Lipinski definition) is 1. The lowest BCUT2D eigenvalue weighted by atomic mass is 9.84. The largest absolute Gasteiger partial charge is 0.316 e. The molecular formula is C14H28N2. The van der Waals surface area contributed by atoms with Crippen molar-refractivity contribution in [1.82, 2.24) is 10.2 Å². The van der Waals surface area contributed by atoms with Crippen molar-refractivity contribution in [2.75, 3.05) is 26.2 Å². The maximum absolute atomic E-state index is 3.53. The molecule has 2 aliphatic rings. The summed E-state index contributed by atoms with van der Waals surface area (Å²) < 4.78 is 0. The second kappa shape index (κ2) is 6.02. The molecule has 0 aromatic carbocycles. The van der Waals surface area contributed by atoms with Gasteiger partial charge >= 0.3 is 0 Å². The van der Waals surface area contributed by atoms with Crippen LogP contribution in [0.3, 0.4) is 0 Å². The van der Waals surface area contributed by atoms with Gasteiger partial charge in [-0.05, 0) is 64.5 Å². The van der Waals surface area contributed by atoms with E-state index in [9.17, 15) is 0 Å². The van der Waals surface area contributed by atoms with Crippen molar-refractivity contribution in [1.29, 1.82) is 0 Å². The van der Waals surface area contributed by atoms with Gasteiger partial charge in [0.2, 0.25) is 0 Å². The number of hydrogen-bond acceptors (Lipinski definition) is 2. The van der Waals surface area contributed by atoms with Crippen molar-refractivity contribution in [3.05, 3.63) is 0 Å². The van der Waals surface area contributed by atoms with Crippen LogP contribution < -0.4 is 5.32 Å². The molecule has 2 nitrogen and oxygen atoms in total. The van der Waals surface area contributed by atoms with Gasteiger partial charge in [-0.3, -0.25) is 0 Å². The summed E-state index contributed by atoms with van der Waals surface area (Å²) in [6.07, 6.45) is 7.24. The van der Waals surface area contributed by atoms with Crippen molar-refractivity contribution in [3.63, 3.8) is 0 Å². The molecule has 2 heteroatoms. The summed E-state index contributed by atoms with van der Waals surface area (Å²) in [4.78, 5) is 2.72. The lowest BCUT2D eigenvalue weighted by molar-refractivity contribution is 0.120. The van der Waals surface area contributed by atoms with Crippen LogP contribution in [-0.2, 0) is 0 Å². The minimum Gasteiger partial charge on any atom is -0.316 e. The first-order valence-corrected chi connectivity index (χ1v) is 7.20. The quantitative estimate of drug-likeness (QED) is 0.772. The number of nitrogens with one attached hydrogen (secondary N) is 1. The van der Waals surface area contributed by atoms with Gasteiger partial charge in [-0.15, -0.1) is 0 Å². The zero-order valence-electron chi connectivity index (χ0n) is 11.0. The summed E-state index contributed by atoms with van der Waals surface area (Å²) in [7, 11) is 0. The fourth-order valence-corrected chi connectivity index (χ4v) is 2.91. The molecule has 94 valence electrons. The smallest absolute Gasteiger partial charge is 0.00388 e. The molecule has 0 aromatic heterocycles. The molecule has 0 aromatic rings. The second-order valence-electron chi connectivity index (χ2n) is 6.06. The van der Waals surface area contributed by atoms with E-state index < -0.39 is 0 Å². The van der Waals surface area contributed by atoms with E-state index in [-0.39, 0.29) is 0 Å². The Kier molecular flexibility index (Phi) is 4.66. The SMILES string of the molecule is CC(C)N(CC1CCC1)CC1CCCNC1. The maximum atomic E-state index is 3.53. The van der Waals surface area contributed by atoms with Crippen LogP contribution in [0, 0.1) is 11.8 Å². The van der Waals surface area contributed by atoms with Gasteiger partial charge in [0.25, 0.3) is 0 Å². The Morgan fingerprint density at radius 2 is 1.75 bits per heavy atom. The molecule has 0 bridgehead atoms. The first kappa shape index (κ1) is 12.4. The first-order chi connectivity index (χ1) is 7.75. The third-order valence-electron chi connectivity index (χ3n) is 4.34. The molecule has 1 aliphatic heterocycles. The van der Waals surface area contributed by atoms with Gasteiger partial charge in [-0.1, -0.05) is 6.42 Å². The van der Waals surface area contributed by atoms with E-state index in [1.807, 2.05) is 0 Å². The van der Waals surface area contributed by atoms with Gasteiger partial charge in [0.1, 0.15) is 0 Å². The lowest BCUT2D eigenvalue weighted by Crippen LogP contribution is -2.44. The molecule has 0 radical (unpaired) electrons. The van der Waals surface area contributed by atoms with Crippen molar-refractivity contribution in [2.45, 2.75) is 52.0 Å². The Morgan fingerprint density at radius 1 is 1.06 bits per heavy atom. The van der Waals surface area contributed by atoms with Gasteiger partial charge in [-0.25, -0.2) is 0 Å². The number of nitrogens with zero attached hydrogens (tertiary/aromatic N) is 1. The predicted octanol–water partition coefficient (Wildman–Crippen LogP) is 2.50. The van der Waals surface area contributed by atoms with Crippen LogP contribution in [0.2, 0.25) is 0 Å². The Morgan fingerprint density at radius 3 is 2.25 bits per heavy atom. The Hall–Kier alpha value is -0.0800. The van der Waals surface area contributed by atoms with Gasteiger partial charge in [0.05, 0.1) is 0 Å². The molecule has 1 heterocycles. The zero-order chi connectivity index (χ0) is 11.4. The van der Waals surface area contributed by atoms with Crippen molar-refractivity contribution >= 4 is 0 Å². The Labute approximate surface area is 101 Å². The van der Waals surface area contributed by atoms with Crippen LogP contribution in [0.15, 0.2) is 0 Å². The maximum Gasteiger partial charge on any atom is 0.00388 e. The van der Waals surface area contributed by atoms with E-state index in [1.54, 1.807) is 0 Å². The molecule has 1 saturated carbocycles. The fourth-order valence-electron chi connectivity index (χ4n) is 2.91. The monoisotopic (exact) mass is 224 g/mol. The highest BCUT2D eigenvalue weighted by atomic mass is 15.2. The summed E-state index contributed by atoms with van der Waals surface area (Å²) in [5.74, 6) is 1.91. The van der Waals surface area contributed by atoms with E-state index in [2.05, 4.69) is 24.1 Å². The fraction of sp³-hybridized carbons (Fsp3) is 1.00. The van der Waals surface area contributed by atoms with Crippen molar-refractivity contribution in [3.8, 4) is 0 Å². The molecule has 16 heavy (non-hydrogen) atoms. The number of piperidine rings is 1. The van der Waals surface area contributed by atoms with Gasteiger partial charge in [-0.2, -0.15) is 0 Å². The number of rotatable bonds is 5. The summed E-state index contributed by atoms with van der Waals surface area (Å²) in [6, 6.07) is 0.725. The minimum absolute atomic E-state index is 0.725. The zero-order valence-corrected chi connectivity index (χ0v) is 11.0. The first-order valence-electron chi connectivity index (χ1n) is 7.20. The van der Waals surface area contributed by atoms with Crippen LogP contribution in [0.1, 0.15) is 46.0 Å². The van der Waals surface area contributed by atoms with Gasteiger partial charge in [0, 0.05) is 19.1 Å². The van der Waals surface area contributed by atoms with E-state index in [4.69, 9.17) is 0 Å². The molecule has 0 spiro atoms. The van der Waals surface area contributed by atoms with Crippen LogP contribution in [0.4, 0.5) is 0 Å². The highest BCUT2D eigenvalue weighted by Crippen LogP contribution is 2.28. The molecule has 0 amide bonds. The van der Waals surface area contributed by atoms with Crippen LogP contribution >= 0.6 is 0 Å². The molecular weight excluding hydrogens is 196 g/mol. The third-order valence-corrected chi connectivity index (χ3v) is 4.34. The van der Waals surface area contributed by atoms with E-state index in [0.29, 0.717) is 0 Å². The van der Waals surface area contributed by atoms with Crippen LogP contribution in [0.25, 0.3) is 0 Å². The van der Waals surface area contributed by atoms with Crippen molar-refractivity contribution in [2.24, 2.45) is 11.8 Å². The average Bonchev–Trinajstić information content (AvgIpc) is 2.22. The standard InChI is InChI=1S/C14H28N2/c1-12(2)16(10-13-5-3-6-13)11-14-7-4-8-15-9-14/h12-15H,3-11H2,1-2H3. The molecule has 1 unspecified atom stereocenters. The highest BCUT2D eigenvalue weighted by Gasteiger charge is 2.24. The van der Waals surface area contributed by atoms with E-state index in [1.165, 1.54) is 58.3 Å². The molecule has 1 atom stereocenters. The van der Waals surface area contributed by atoms with Crippen LogP contribution in [-0.4, -0.2) is 37.1 Å². The normalized spacial score (nSPS) is 27.4. The third kappa shape index (κ3) is 3.46. The molecule has 2 rings (SSSR count). The average molecular weight is 224 g/mol. The van der Waals surface area contributed by atoms with Gasteiger partial charge in [0.15, 0.2) is 0 Å². The Balaban J connectivity index is 1.76. The van der Waals surface area contributed by atoms with E-state index in [0.717, 1.165) is 17.9 Å². The molecule has 1 N–H and O–H groups in total. The summed E-state index contributed by atoms with van der Waals surface area (Å²) >= 11 is 0. The molecule has 1 saturated heterocycles. The van der Waals surface area contributed by atoms with Gasteiger partial charge < -0.3 is 10.2 Å². The van der Waals surface area contributed by atoms with Crippen LogP contribution in [0.5, 0.6) is 0 Å². The second-order valence-corrected chi connectivity index (χ2v) is 6.06.